The fourth-order valence-corrected chi connectivity index (χ4v) is 11.1. The van der Waals surface area contributed by atoms with Crippen molar-refractivity contribution >= 4 is 62.6 Å². The van der Waals surface area contributed by atoms with E-state index in [4.69, 9.17) is 0 Å². The van der Waals surface area contributed by atoms with Gasteiger partial charge in [-0.1, -0.05) is 183 Å². The quantitative estimate of drug-likeness (QED) is 0.128. The molecule has 2 aliphatic rings. The van der Waals surface area contributed by atoms with Gasteiger partial charge in [-0.3, -0.25) is 9.59 Å². The number of aldehydes is 2. The van der Waals surface area contributed by atoms with Gasteiger partial charge in [0.15, 0.2) is 0 Å². The molecule has 0 atom stereocenters. The highest BCUT2D eigenvalue weighted by Gasteiger charge is 2.37. The zero-order valence-electron chi connectivity index (χ0n) is 41.3. The Hall–Kier alpha value is -8.38. The lowest BCUT2D eigenvalue weighted by Crippen LogP contribution is -2.16. The third-order valence-corrected chi connectivity index (χ3v) is 15.2. The molecule has 0 aromatic heterocycles. The normalized spacial score (nSPS) is 13.1. The van der Waals surface area contributed by atoms with Crippen molar-refractivity contribution in [1.29, 1.82) is 0 Å². The Morgan fingerprint density at radius 1 is 0.315 bits per heavy atom. The van der Waals surface area contributed by atoms with Gasteiger partial charge >= 0.3 is 0 Å². The van der Waals surface area contributed by atoms with Gasteiger partial charge in [0.2, 0.25) is 0 Å². The number of benzene rings is 10. The molecule has 2 aliphatic carbocycles. The molecule has 0 N–H and O–H groups in total. The summed E-state index contributed by atoms with van der Waals surface area (Å²) in [7, 11) is 0. The van der Waals surface area contributed by atoms with Crippen molar-refractivity contribution in [3.63, 3.8) is 0 Å². The first-order chi connectivity index (χ1) is 35.5. The maximum Gasteiger partial charge on any atom is 0.150 e. The molecule has 0 amide bonds. The van der Waals surface area contributed by atoms with Crippen molar-refractivity contribution in [2.45, 2.75) is 38.5 Å². The number of fused-ring (bicyclic) bond motifs is 6. The third-order valence-electron chi connectivity index (χ3n) is 14.7. The number of carbonyl (C=O) groups excluding carboxylic acids is 2. The van der Waals surface area contributed by atoms with Gasteiger partial charge in [-0.05, 0) is 164 Å². The van der Waals surface area contributed by atoms with Gasteiger partial charge in [0.1, 0.15) is 12.6 Å². The van der Waals surface area contributed by atoms with Crippen molar-refractivity contribution in [2.24, 2.45) is 0 Å². The van der Waals surface area contributed by atoms with Crippen LogP contribution in [0.3, 0.4) is 0 Å². The molecule has 5 heteroatoms. The van der Waals surface area contributed by atoms with Crippen molar-refractivity contribution in [3.05, 3.63) is 274 Å². The Labute approximate surface area is 437 Å². The number of anilines is 6. The molecule has 0 radical (unpaired) electrons. The van der Waals surface area contributed by atoms with Gasteiger partial charge in [-0.15, -0.1) is 0 Å². The van der Waals surface area contributed by atoms with E-state index in [1.54, 1.807) is 0 Å². The minimum atomic E-state index is -0.206. The first-order valence-electron chi connectivity index (χ1n) is 24.7. The smallest absolute Gasteiger partial charge is 0.150 e. The van der Waals surface area contributed by atoms with Gasteiger partial charge in [0.05, 0.1) is 0 Å². The molecule has 0 saturated carbocycles. The van der Waals surface area contributed by atoms with Crippen molar-refractivity contribution in [3.8, 4) is 44.5 Å². The lowest BCUT2D eigenvalue weighted by molar-refractivity contribution is 0.111. The second-order valence-corrected chi connectivity index (χ2v) is 20.8. The summed E-state index contributed by atoms with van der Waals surface area (Å²) in [6.07, 6.45) is 1.86. The van der Waals surface area contributed by atoms with Crippen LogP contribution in [0, 0.1) is 0 Å². The van der Waals surface area contributed by atoms with Crippen LogP contribution in [0.2, 0.25) is 0 Å². The summed E-state index contributed by atoms with van der Waals surface area (Å²) < 4.78 is 1.05. The summed E-state index contributed by atoms with van der Waals surface area (Å²) in [4.78, 5) is 27.5. The monoisotopic (exact) mass is 1010 g/mol. The zero-order chi connectivity index (χ0) is 50.3. The molecule has 0 bridgehead atoms. The Morgan fingerprint density at radius 2 is 0.603 bits per heavy atom. The Balaban J connectivity index is 0.000000157. The summed E-state index contributed by atoms with van der Waals surface area (Å²) in [5.41, 5.74) is 22.3. The highest BCUT2D eigenvalue weighted by Crippen LogP contribution is 2.53. The molecule has 73 heavy (non-hydrogen) atoms. The molecule has 10 aromatic carbocycles. The SMILES string of the molecule is CC1(C)c2cc(C=O)ccc2-c2ccc(N(c3ccc(Br)cc3)c3ccc(-c4ccccc4)cc3)cc21.CC1(C)c2cc(C=O)ccc2-c2ccc(N(c3ccccc3)c3ccc(-c4ccccc4)cc3)cc21. The summed E-state index contributed by atoms with van der Waals surface area (Å²) in [6.45, 7) is 8.98. The van der Waals surface area contributed by atoms with Crippen molar-refractivity contribution in [2.75, 3.05) is 9.80 Å². The topological polar surface area (TPSA) is 40.6 Å². The van der Waals surface area contributed by atoms with E-state index in [1.165, 1.54) is 66.8 Å². The second kappa shape index (κ2) is 19.3. The summed E-state index contributed by atoms with van der Waals surface area (Å²) in [5.74, 6) is 0. The molecule has 354 valence electrons. The van der Waals surface area contributed by atoms with Crippen LogP contribution in [0.1, 0.15) is 70.7 Å². The van der Waals surface area contributed by atoms with E-state index in [0.29, 0.717) is 0 Å². The van der Waals surface area contributed by atoms with Crippen LogP contribution in [-0.4, -0.2) is 12.6 Å². The first-order valence-corrected chi connectivity index (χ1v) is 25.5. The number of hydrogen-bond acceptors (Lipinski definition) is 4. The number of carbonyl (C=O) groups is 2. The minimum Gasteiger partial charge on any atom is -0.310 e. The van der Waals surface area contributed by atoms with E-state index in [1.807, 2.05) is 42.5 Å². The standard InChI is InChI=1S/C34H26BrNO.C34H27NO/c1-34(2)32-20-23(22-37)8-18-30(32)31-19-17-29(21-33(31)34)36(28-15-11-26(35)12-16-28)27-13-9-25(10-14-27)24-6-4-3-5-7-24;1-34(2)32-21-24(23-36)13-19-30(32)31-20-18-29(22-33(31)34)35(27-11-7-4-8-12-27)28-16-14-26(15-17-28)25-9-5-3-6-10-25/h3-22H,1-2H3;3-23H,1-2H3. The molecule has 0 aliphatic heterocycles. The van der Waals surface area contributed by atoms with Crippen LogP contribution in [0.15, 0.2) is 241 Å². The lowest BCUT2D eigenvalue weighted by atomic mass is 9.82. The number of para-hydroxylation sites is 1. The fraction of sp³-hybridized carbons (Fsp3) is 0.0882. The molecule has 10 aromatic rings. The number of halogens is 1. The first kappa shape index (κ1) is 47.0. The molecule has 12 rings (SSSR count). The Bertz CT molecular complexity index is 3640. The molecule has 0 fully saturated rings. The van der Waals surface area contributed by atoms with E-state index in [0.717, 1.165) is 62.3 Å². The van der Waals surface area contributed by atoms with Crippen LogP contribution in [0.25, 0.3) is 44.5 Å². The van der Waals surface area contributed by atoms with Crippen LogP contribution in [0.4, 0.5) is 34.1 Å². The Kier molecular flexibility index (Phi) is 12.4. The van der Waals surface area contributed by atoms with Crippen LogP contribution in [-0.2, 0) is 10.8 Å². The molecule has 4 nitrogen and oxygen atoms in total. The van der Waals surface area contributed by atoms with Gasteiger partial charge < -0.3 is 9.80 Å². The van der Waals surface area contributed by atoms with Gasteiger partial charge in [-0.25, -0.2) is 0 Å². The number of hydrogen-bond donors (Lipinski definition) is 0. The lowest BCUT2D eigenvalue weighted by Gasteiger charge is -2.28. The molecule has 0 spiro atoms. The van der Waals surface area contributed by atoms with Crippen LogP contribution in [0.5, 0.6) is 0 Å². The predicted molar refractivity (Wildman–Crippen MR) is 307 cm³/mol. The largest absolute Gasteiger partial charge is 0.310 e. The average molecular weight is 1010 g/mol. The van der Waals surface area contributed by atoms with E-state index >= 15 is 0 Å². The average Bonchev–Trinajstić information content (AvgIpc) is 3.80. The van der Waals surface area contributed by atoms with Gasteiger partial charge in [0, 0.05) is 60.6 Å². The maximum absolute atomic E-state index is 11.5. The summed E-state index contributed by atoms with van der Waals surface area (Å²) in [5, 5.41) is 0. The second-order valence-electron chi connectivity index (χ2n) is 19.9. The van der Waals surface area contributed by atoms with E-state index in [-0.39, 0.29) is 10.8 Å². The van der Waals surface area contributed by atoms with Crippen LogP contribution >= 0.6 is 15.9 Å². The summed E-state index contributed by atoms with van der Waals surface area (Å²) in [6, 6.07) is 82.9. The Morgan fingerprint density at radius 3 is 0.973 bits per heavy atom. The van der Waals surface area contributed by atoms with E-state index in [9.17, 15) is 9.59 Å². The maximum atomic E-state index is 11.5. The van der Waals surface area contributed by atoms with Gasteiger partial charge in [0.25, 0.3) is 0 Å². The molecular weight excluding hydrogens is 957 g/mol. The zero-order valence-corrected chi connectivity index (χ0v) is 42.8. The molecule has 0 unspecified atom stereocenters. The highest BCUT2D eigenvalue weighted by molar-refractivity contribution is 9.10. The van der Waals surface area contributed by atoms with Crippen molar-refractivity contribution < 1.29 is 9.59 Å². The third kappa shape index (κ3) is 8.81. The van der Waals surface area contributed by atoms with E-state index in [2.05, 4.69) is 248 Å². The molecule has 0 saturated heterocycles. The fourth-order valence-electron chi connectivity index (χ4n) is 10.8. The van der Waals surface area contributed by atoms with Crippen LogP contribution < -0.4 is 9.80 Å². The molecular formula is C68H53BrN2O2. The van der Waals surface area contributed by atoms with Crippen molar-refractivity contribution in [1.82, 2.24) is 0 Å². The van der Waals surface area contributed by atoms with E-state index < -0.39 is 0 Å². The predicted octanol–water partition coefficient (Wildman–Crippen LogP) is 18.6. The highest BCUT2D eigenvalue weighted by atomic mass is 79.9. The number of rotatable bonds is 10. The van der Waals surface area contributed by atoms with Gasteiger partial charge in [-0.2, -0.15) is 0 Å². The molecule has 0 heterocycles. The number of nitrogens with zero attached hydrogens (tertiary/aromatic N) is 2. The summed E-state index contributed by atoms with van der Waals surface area (Å²) >= 11 is 3.58. The minimum absolute atomic E-state index is 0.195.